The van der Waals surface area contributed by atoms with Crippen LogP contribution >= 0.6 is 0 Å². The van der Waals surface area contributed by atoms with Crippen LogP contribution in [0.3, 0.4) is 0 Å². The lowest BCUT2D eigenvalue weighted by molar-refractivity contribution is -0.138. The molecule has 100 valence electrons. The van der Waals surface area contributed by atoms with Gasteiger partial charge in [0.1, 0.15) is 6.04 Å². The number of carboxylic acid groups (broad SMARTS) is 1. The van der Waals surface area contributed by atoms with Gasteiger partial charge in [0, 0.05) is 19.7 Å². The van der Waals surface area contributed by atoms with Crippen LogP contribution in [0.5, 0.6) is 0 Å². The summed E-state index contributed by atoms with van der Waals surface area (Å²) >= 11 is 0. The first-order chi connectivity index (χ1) is 8.65. The Hall–Kier alpha value is -1.43. The van der Waals surface area contributed by atoms with E-state index >= 15 is 0 Å². The van der Waals surface area contributed by atoms with E-state index in [1.807, 2.05) is 31.2 Å². The zero-order valence-corrected chi connectivity index (χ0v) is 10.6. The second kappa shape index (κ2) is 7.81. The molecule has 0 saturated heterocycles. The Labute approximate surface area is 107 Å². The lowest BCUT2D eigenvalue weighted by Crippen LogP contribution is -2.40. The lowest BCUT2D eigenvalue weighted by atomic mass is 10.1. The quantitative estimate of drug-likeness (QED) is 0.635. The van der Waals surface area contributed by atoms with E-state index in [1.165, 1.54) is 0 Å². The highest BCUT2D eigenvalue weighted by Gasteiger charge is 2.10. The zero-order valence-electron chi connectivity index (χ0n) is 10.6. The van der Waals surface area contributed by atoms with E-state index in [9.17, 15) is 4.79 Å². The Morgan fingerprint density at radius 1 is 1.44 bits per heavy atom. The van der Waals surface area contributed by atoms with Crippen LogP contribution in [-0.2, 0) is 22.7 Å². The highest BCUT2D eigenvalue weighted by Crippen LogP contribution is 2.09. The third-order valence-electron chi connectivity index (χ3n) is 2.58. The molecule has 1 rings (SSSR count). The summed E-state index contributed by atoms with van der Waals surface area (Å²) in [6.07, 6.45) is 0. The Morgan fingerprint density at radius 3 is 2.72 bits per heavy atom. The molecule has 0 aliphatic heterocycles. The van der Waals surface area contributed by atoms with Gasteiger partial charge in [-0.25, -0.2) is 0 Å². The van der Waals surface area contributed by atoms with Gasteiger partial charge in [0.2, 0.25) is 0 Å². The summed E-state index contributed by atoms with van der Waals surface area (Å²) in [7, 11) is 0. The van der Waals surface area contributed by atoms with Crippen molar-refractivity contribution < 1.29 is 14.6 Å². The van der Waals surface area contributed by atoms with Gasteiger partial charge in [-0.2, -0.15) is 0 Å². The Bertz CT molecular complexity index is 382. The highest BCUT2D eigenvalue weighted by atomic mass is 16.5. The number of nitrogens with two attached hydrogens (primary N) is 1. The molecule has 0 aliphatic carbocycles. The molecule has 0 radical (unpaired) electrons. The summed E-state index contributed by atoms with van der Waals surface area (Å²) in [6, 6.07) is 7.03. The van der Waals surface area contributed by atoms with E-state index in [-0.39, 0.29) is 6.54 Å². The van der Waals surface area contributed by atoms with Crippen LogP contribution in [0, 0.1) is 0 Å². The summed E-state index contributed by atoms with van der Waals surface area (Å²) in [5.41, 5.74) is 7.62. The van der Waals surface area contributed by atoms with Crippen LogP contribution in [0.2, 0.25) is 0 Å². The molecule has 1 atom stereocenters. The number of benzene rings is 1. The molecule has 5 heteroatoms. The van der Waals surface area contributed by atoms with E-state index in [2.05, 4.69) is 5.32 Å². The molecule has 0 bridgehead atoms. The third kappa shape index (κ3) is 4.83. The molecule has 1 aromatic carbocycles. The van der Waals surface area contributed by atoms with Crippen molar-refractivity contribution in [2.75, 3.05) is 13.2 Å². The van der Waals surface area contributed by atoms with Crippen LogP contribution in [0.15, 0.2) is 24.3 Å². The van der Waals surface area contributed by atoms with Gasteiger partial charge < -0.3 is 20.9 Å². The number of nitrogens with one attached hydrogen (secondary N) is 1. The van der Waals surface area contributed by atoms with E-state index in [0.717, 1.165) is 11.1 Å². The molecule has 18 heavy (non-hydrogen) atoms. The SMILES string of the molecule is CCOCc1ccccc1CNCC(N)C(=O)O. The molecular formula is C13H20N2O3. The first-order valence-electron chi connectivity index (χ1n) is 5.98. The molecule has 1 unspecified atom stereocenters. The first-order valence-corrected chi connectivity index (χ1v) is 5.98. The molecule has 0 heterocycles. The van der Waals surface area contributed by atoms with Gasteiger partial charge in [0.15, 0.2) is 0 Å². The van der Waals surface area contributed by atoms with Gasteiger partial charge in [-0.3, -0.25) is 4.79 Å². The van der Waals surface area contributed by atoms with Gasteiger partial charge in [0.25, 0.3) is 0 Å². The van der Waals surface area contributed by atoms with Crippen molar-refractivity contribution >= 4 is 5.97 Å². The fourth-order valence-electron chi connectivity index (χ4n) is 1.53. The Balaban J connectivity index is 2.48. The molecular weight excluding hydrogens is 232 g/mol. The summed E-state index contributed by atoms with van der Waals surface area (Å²) < 4.78 is 5.38. The molecule has 0 fully saturated rings. The maximum atomic E-state index is 10.6. The number of carboxylic acids is 1. The minimum Gasteiger partial charge on any atom is -0.480 e. The van der Waals surface area contributed by atoms with Crippen LogP contribution in [0.1, 0.15) is 18.1 Å². The summed E-state index contributed by atoms with van der Waals surface area (Å²) in [5, 5.41) is 11.7. The van der Waals surface area contributed by atoms with Crippen molar-refractivity contribution in [3.63, 3.8) is 0 Å². The zero-order chi connectivity index (χ0) is 13.4. The maximum Gasteiger partial charge on any atom is 0.321 e. The summed E-state index contributed by atoms with van der Waals surface area (Å²) in [5.74, 6) is -0.995. The number of carbonyl (C=O) groups is 1. The van der Waals surface area contributed by atoms with E-state index in [0.29, 0.717) is 19.8 Å². The van der Waals surface area contributed by atoms with Crippen molar-refractivity contribution in [1.82, 2.24) is 5.32 Å². The highest BCUT2D eigenvalue weighted by molar-refractivity contribution is 5.73. The largest absolute Gasteiger partial charge is 0.480 e. The second-order valence-corrected chi connectivity index (χ2v) is 3.98. The standard InChI is InChI=1S/C13H20N2O3/c1-2-18-9-11-6-4-3-5-10(11)7-15-8-12(14)13(16)17/h3-6,12,15H,2,7-9,14H2,1H3,(H,16,17). The predicted molar refractivity (Wildman–Crippen MR) is 69.1 cm³/mol. The average Bonchev–Trinajstić information content (AvgIpc) is 2.37. The molecule has 4 N–H and O–H groups in total. The summed E-state index contributed by atoms with van der Waals surface area (Å²) in [6.45, 7) is 4.03. The number of hydrogen-bond donors (Lipinski definition) is 3. The van der Waals surface area contributed by atoms with Crippen molar-refractivity contribution in [2.24, 2.45) is 5.73 Å². The Morgan fingerprint density at radius 2 is 2.11 bits per heavy atom. The molecule has 0 spiro atoms. The fourth-order valence-corrected chi connectivity index (χ4v) is 1.53. The maximum absolute atomic E-state index is 10.6. The molecule has 0 aromatic heterocycles. The third-order valence-corrected chi connectivity index (χ3v) is 2.58. The Kier molecular flexibility index (Phi) is 6.35. The van der Waals surface area contributed by atoms with Gasteiger partial charge >= 0.3 is 5.97 Å². The van der Waals surface area contributed by atoms with Gasteiger partial charge in [-0.1, -0.05) is 24.3 Å². The number of aliphatic carboxylic acids is 1. The second-order valence-electron chi connectivity index (χ2n) is 3.98. The minimum atomic E-state index is -0.995. The van der Waals surface area contributed by atoms with E-state index in [4.69, 9.17) is 15.6 Å². The van der Waals surface area contributed by atoms with Crippen LogP contribution in [0.4, 0.5) is 0 Å². The smallest absolute Gasteiger partial charge is 0.321 e. The van der Waals surface area contributed by atoms with Crippen molar-refractivity contribution in [2.45, 2.75) is 26.1 Å². The number of hydrogen-bond acceptors (Lipinski definition) is 4. The monoisotopic (exact) mass is 252 g/mol. The van der Waals surface area contributed by atoms with Gasteiger partial charge in [-0.05, 0) is 18.1 Å². The predicted octanol–water partition coefficient (Wildman–Crippen LogP) is 0.725. The topological polar surface area (TPSA) is 84.6 Å². The van der Waals surface area contributed by atoms with Crippen LogP contribution in [0.25, 0.3) is 0 Å². The number of rotatable bonds is 8. The van der Waals surface area contributed by atoms with Crippen LogP contribution in [-0.4, -0.2) is 30.3 Å². The van der Waals surface area contributed by atoms with E-state index in [1.54, 1.807) is 0 Å². The molecule has 5 nitrogen and oxygen atoms in total. The summed E-state index contributed by atoms with van der Waals surface area (Å²) in [4.78, 5) is 10.6. The first kappa shape index (κ1) is 14.6. The number of ether oxygens (including phenoxy) is 1. The molecule has 0 amide bonds. The van der Waals surface area contributed by atoms with E-state index < -0.39 is 12.0 Å². The lowest BCUT2D eigenvalue weighted by Gasteiger charge is -2.12. The minimum absolute atomic E-state index is 0.248. The van der Waals surface area contributed by atoms with Crippen LogP contribution < -0.4 is 11.1 Å². The molecule has 0 saturated carbocycles. The normalized spacial score (nSPS) is 12.3. The fraction of sp³-hybridized carbons (Fsp3) is 0.462. The van der Waals surface area contributed by atoms with Gasteiger partial charge in [-0.15, -0.1) is 0 Å². The van der Waals surface area contributed by atoms with Crippen molar-refractivity contribution in [1.29, 1.82) is 0 Å². The van der Waals surface area contributed by atoms with Gasteiger partial charge in [0.05, 0.1) is 6.61 Å². The molecule has 0 aliphatic rings. The molecule has 1 aromatic rings. The van der Waals surface area contributed by atoms with Crippen molar-refractivity contribution in [3.8, 4) is 0 Å². The van der Waals surface area contributed by atoms with Crippen molar-refractivity contribution in [3.05, 3.63) is 35.4 Å². The average molecular weight is 252 g/mol.